The number of hydrogen-bond acceptors (Lipinski definition) is 1. The molecule has 0 bridgehead atoms. The third-order valence-electron chi connectivity index (χ3n) is 4.60. The van der Waals surface area contributed by atoms with Gasteiger partial charge in [0.1, 0.15) is 0 Å². The van der Waals surface area contributed by atoms with E-state index in [0.29, 0.717) is 11.8 Å². The highest BCUT2D eigenvalue weighted by Crippen LogP contribution is 2.38. The Morgan fingerprint density at radius 3 is 2.12 bits per heavy atom. The molecule has 0 aromatic rings. The summed E-state index contributed by atoms with van der Waals surface area (Å²) in [5, 5.41) is 9.36. The molecule has 0 aromatic heterocycles. The average molecular weight is 224 g/mol. The predicted octanol–water partition coefficient (Wildman–Crippen LogP) is 3.85. The van der Waals surface area contributed by atoms with E-state index in [1.807, 2.05) is 0 Å². The van der Waals surface area contributed by atoms with Crippen molar-refractivity contribution < 1.29 is 9.90 Å². The van der Waals surface area contributed by atoms with Crippen LogP contribution >= 0.6 is 0 Å². The summed E-state index contributed by atoms with van der Waals surface area (Å²) in [7, 11) is 0. The fraction of sp³-hybridized carbons (Fsp3) is 0.929. The van der Waals surface area contributed by atoms with Gasteiger partial charge in [0.25, 0.3) is 0 Å². The van der Waals surface area contributed by atoms with Gasteiger partial charge in [-0.25, -0.2) is 0 Å². The second-order valence-electron chi connectivity index (χ2n) is 5.73. The molecule has 0 aromatic carbocycles. The summed E-state index contributed by atoms with van der Waals surface area (Å²) in [6, 6.07) is 0. The summed E-state index contributed by atoms with van der Waals surface area (Å²) in [5.41, 5.74) is 0. The van der Waals surface area contributed by atoms with E-state index in [1.165, 1.54) is 44.9 Å². The molecule has 0 amide bonds. The predicted molar refractivity (Wildman–Crippen MR) is 64.3 cm³/mol. The van der Waals surface area contributed by atoms with Crippen LogP contribution < -0.4 is 0 Å². The molecule has 1 N–H and O–H groups in total. The summed E-state index contributed by atoms with van der Waals surface area (Å²) in [4.78, 5) is 11.4. The van der Waals surface area contributed by atoms with Crippen LogP contribution in [-0.2, 0) is 4.79 Å². The average Bonchev–Trinajstić information content (AvgIpc) is 2.80. The second-order valence-corrected chi connectivity index (χ2v) is 5.73. The maximum Gasteiger partial charge on any atom is 0.306 e. The van der Waals surface area contributed by atoms with Gasteiger partial charge in [-0.1, -0.05) is 44.9 Å². The SMILES string of the molecule is O=C(O)C(CC1CCCCC1)C1CCCC1. The molecule has 2 saturated carbocycles. The van der Waals surface area contributed by atoms with Crippen LogP contribution in [0.5, 0.6) is 0 Å². The van der Waals surface area contributed by atoms with Crippen LogP contribution in [0.25, 0.3) is 0 Å². The summed E-state index contributed by atoms with van der Waals surface area (Å²) >= 11 is 0. The van der Waals surface area contributed by atoms with Crippen LogP contribution in [0, 0.1) is 17.8 Å². The van der Waals surface area contributed by atoms with Crippen molar-refractivity contribution >= 4 is 5.97 Å². The second kappa shape index (κ2) is 5.70. The van der Waals surface area contributed by atoms with Gasteiger partial charge >= 0.3 is 5.97 Å². The minimum Gasteiger partial charge on any atom is -0.481 e. The fourth-order valence-electron chi connectivity index (χ4n) is 3.64. The lowest BCUT2D eigenvalue weighted by atomic mass is 9.78. The monoisotopic (exact) mass is 224 g/mol. The lowest BCUT2D eigenvalue weighted by Gasteiger charge is -2.27. The molecule has 2 nitrogen and oxygen atoms in total. The van der Waals surface area contributed by atoms with Crippen molar-refractivity contribution in [1.29, 1.82) is 0 Å². The number of carbonyl (C=O) groups is 1. The molecular formula is C14H24O2. The van der Waals surface area contributed by atoms with Gasteiger partial charge in [-0.3, -0.25) is 4.79 Å². The van der Waals surface area contributed by atoms with Gasteiger partial charge in [-0.15, -0.1) is 0 Å². The molecule has 16 heavy (non-hydrogen) atoms. The van der Waals surface area contributed by atoms with Crippen molar-refractivity contribution in [2.45, 2.75) is 64.2 Å². The van der Waals surface area contributed by atoms with E-state index in [1.54, 1.807) is 0 Å². The zero-order valence-corrected chi connectivity index (χ0v) is 10.2. The quantitative estimate of drug-likeness (QED) is 0.787. The Hall–Kier alpha value is -0.530. The van der Waals surface area contributed by atoms with Gasteiger partial charge in [0.2, 0.25) is 0 Å². The molecule has 2 fully saturated rings. The van der Waals surface area contributed by atoms with Crippen LogP contribution in [-0.4, -0.2) is 11.1 Å². The largest absolute Gasteiger partial charge is 0.481 e. The molecule has 1 unspecified atom stereocenters. The van der Waals surface area contributed by atoms with E-state index in [9.17, 15) is 9.90 Å². The van der Waals surface area contributed by atoms with Crippen molar-refractivity contribution in [2.75, 3.05) is 0 Å². The third-order valence-corrected chi connectivity index (χ3v) is 4.60. The molecule has 2 heteroatoms. The lowest BCUT2D eigenvalue weighted by molar-refractivity contribution is -0.144. The third kappa shape index (κ3) is 2.99. The van der Waals surface area contributed by atoms with Gasteiger partial charge in [-0.05, 0) is 31.1 Å². The maximum absolute atomic E-state index is 11.4. The van der Waals surface area contributed by atoms with Gasteiger partial charge in [0.05, 0.1) is 5.92 Å². The molecule has 0 radical (unpaired) electrons. The molecule has 92 valence electrons. The zero-order chi connectivity index (χ0) is 11.4. The van der Waals surface area contributed by atoms with Gasteiger partial charge in [0, 0.05) is 0 Å². The minimum absolute atomic E-state index is 0.0365. The van der Waals surface area contributed by atoms with Crippen LogP contribution in [0.2, 0.25) is 0 Å². The normalized spacial score (nSPS) is 25.8. The lowest BCUT2D eigenvalue weighted by Crippen LogP contribution is -2.25. The Kier molecular flexibility index (Phi) is 4.25. The minimum atomic E-state index is -0.530. The Balaban J connectivity index is 1.88. The first-order valence-corrected chi connectivity index (χ1v) is 7.00. The van der Waals surface area contributed by atoms with Crippen LogP contribution in [0.1, 0.15) is 64.2 Å². The Labute approximate surface area is 98.4 Å². The molecule has 2 rings (SSSR count). The zero-order valence-electron chi connectivity index (χ0n) is 10.2. The molecule has 0 spiro atoms. The van der Waals surface area contributed by atoms with Crippen molar-refractivity contribution in [3.05, 3.63) is 0 Å². The maximum atomic E-state index is 11.4. The van der Waals surface area contributed by atoms with E-state index in [2.05, 4.69) is 0 Å². The first-order chi connectivity index (χ1) is 7.77. The highest BCUT2D eigenvalue weighted by atomic mass is 16.4. The Morgan fingerprint density at radius 1 is 1.00 bits per heavy atom. The van der Waals surface area contributed by atoms with E-state index in [4.69, 9.17) is 0 Å². The first kappa shape index (κ1) is 11.9. The summed E-state index contributed by atoms with van der Waals surface area (Å²) < 4.78 is 0. The summed E-state index contributed by atoms with van der Waals surface area (Å²) in [6.45, 7) is 0. The molecule has 2 aliphatic carbocycles. The van der Waals surface area contributed by atoms with Crippen LogP contribution in [0.15, 0.2) is 0 Å². The number of rotatable bonds is 4. The van der Waals surface area contributed by atoms with Crippen molar-refractivity contribution in [3.8, 4) is 0 Å². The number of hydrogen-bond donors (Lipinski definition) is 1. The fourth-order valence-corrected chi connectivity index (χ4v) is 3.64. The van der Waals surface area contributed by atoms with E-state index in [-0.39, 0.29) is 5.92 Å². The summed E-state index contributed by atoms with van der Waals surface area (Å²) in [5.74, 6) is 0.623. The topological polar surface area (TPSA) is 37.3 Å². The Morgan fingerprint density at radius 2 is 1.56 bits per heavy atom. The van der Waals surface area contributed by atoms with Gasteiger partial charge in [-0.2, -0.15) is 0 Å². The molecule has 0 aliphatic heterocycles. The smallest absolute Gasteiger partial charge is 0.306 e. The number of carboxylic acids is 1. The molecule has 0 heterocycles. The Bertz CT molecular complexity index is 225. The van der Waals surface area contributed by atoms with Crippen molar-refractivity contribution in [2.24, 2.45) is 17.8 Å². The number of carboxylic acid groups (broad SMARTS) is 1. The highest BCUT2D eigenvalue weighted by molar-refractivity contribution is 5.70. The highest BCUT2D eigenvalue weighted by Gasteiger charge is 2.32. The van der Waals surface area contributed by atoms with E-state index in [0.717, 1.165) is 19.3 Å². The standard InChI is InChI=1S/C14H24O2/c15-14(16)13(12-8-4-5-9-12)10-11-6-2-1-3-7-11/h11-13H,1-10H2,(H,15,16). The molecule has 1 atom stereocenters. The summed E-state index contributed by atoms with van der Waals surface area (Å²) in [6.07, 6.45) is 12.3. The molecular weight excluding hydrogens is 200 g/mol. The van der Waals surface area contributed by atoms with Crippen molar-refractivity contribution in [1.82, 2.24) is 0 Å². The van der Waals surface area contributed by atoms with Crippen molar-refractivity contribution in [3.63, 3.8) is 0 Å². The van der Waals surface area contributed by atoms with E-state index >= 15 is 0 Å². The molecule has 2 aliphatic rings. The van der Waals surface area contributed by atoms with Gasteiger partial charge < -0.3 is 5.11 Å². The number of aliphatic carboxylic acids is 1. The van der Waals surface area contributed by atoms with Gasteiger partial charge in [0.15, 0.2) is 0 Å². The van der Waals surface area contributed by atoms with Crippen LogP contribution in [0.3, 0.4) is 0 Å². The van der Waals surface area contributed by atoms with Crippen LogP contribution in [0.4, 0.5) is 0 Å². The molecule has 0 saturated heterocycles. The van der Waals surface area contributed by atoms with E-state index < -0.39 is 5.97 Å². The first-order valence-electron chi connectivity index (χ1n) is 7.00.